The summed E-state index contributed by atoms with van der Waals surface area (Å²) in [5, 5.41) is 13.8. The van der Waals surface area contributed by atoms with Gasteiger partial charge < -0.3 is 20.1 Å². The van der Waals surface area contributed by atoms with E-state index in [1.165, 1.54) is 4.90 Å². The van der Waals surface area contributed by atoms with Crippen molar-refractivity contribution in [3.05, 3.63) is 47.5 Å². The minimum Gasteiger partial charge on any atom is -0.530 e. The zero-order valence-electron chi connectivity index (χ0n) is 12.1. The second kappa shape index (κ2) is 5.52. The van der Waals surface area contributed by atoms with E-state index in [1.807, 2.05) is 30.3 Å². The molecule has 5 nitrogen and oxygen atoms in total. The van der Waals surface area contributed by atoms with E-state index >= 15 is 0 Å². The van der Waals surface area contributed by atoms with E-state index in [-0.39, 0.29) is 0 Å². The van der Waals surface area contributed by atoms with Gasteiger partial charge in [-0.3, -0.25) is 4.79 Å². The Kier molecular flexibility index (Phi) is 3.55. The predicted octanol–water partition coefficient (Wildman–Crippen LogP) is 2.00. The molecule has 1 aliphatic rings. The fourth-order valence-electron chi connectivity index (χ4n) is 2.94. The zero-order valence-corrected chi connectivity index (χ0v) is 12.1. The molecule has 0 aliphatic heterocycles. The van der Waals surface area contributed by atoms with E-state index in [0.717, 1.165) is 34.4 Å². The highest BCUT2D eigenvalue weighted by atomic mass is 16.4. The number of nitrogens with one attached hydrogen (secondary N) is 1. The molecule has 2 amide bonds. The quantitative estimate of drug-likeness (QED) is 0.748. The van der Waals surface area contributed by atoms with Gasteiger partial charge in [-0.2, -0.15) is 0 Å². The Morgan fingerprint density at radius 3 is 2.55 bits per heavy atom. The third-order valence-corrected chi connectivity index (χ3v) is 3.94. The Labute approximate surface area is 128 Å². The van der Waals surface area contributed by atoms with Gasteiger partial charge >= 0.3 is 0 Å². The number of carboxylic acid groups (broad SMARTS) is 1. The van der Waals surface area contributed by atoms with Crippen LogP contribution in [0.25, 0.3) is 11.1 Å². The number of anilines is 2. The van der Waals surface area contributed by atoms with E-state index < -0.39 is 6.09 Å². The average Bonchev–Trinajstić information content (AvgIpc) is 2.84. The molecule has 1 N–H and O–H groups in total. The molecular weight excluding hydrogens is 280 g/mol. The summed E-state index contributed by atoms with van der Waals surface area (Å²) in [5.41, 5.74) is 5.80. The molecule has 1 aliphatic carbocycles. The highest BCUT2D eigenvalue weighted by Crippen LogP contribution is 2.39. The van der Waals surface area contributed by atoms with Crippen molar-refractivity contribution >= 4 is 23.9 Å². The molecule has 0 spiro atoms. The van der Waals surface area contributed by atoms with Crippen LogP contribution in [0.1, 0.15) is 18.1 Å². The van der Waals surface area contributed by atoms with Gasteiger partial charge in [0.2, 0.25) is 6.41 Å². The van der Waals surface area contributed by atoms with Crippen LogP contribution < -0.4 is 15.3 Å². The highest BCUT2D eigenvalue weighted by Gasteiger charge is 2.20. The summed E-state index contributed by atoms with van der Waals surface area (Å²) in [4.78, 5) is 22.9. The van der Waals surface area contributed by atoms with Gasteiger partial charge in [0.1, 0.15) is 6.09 Å². The van der Waals surface area contributed by atoms with E-state index in [0.29, 0.717) is 18.6 Å². The van der Waals surface area contributed by atoms with Crippen LogP contribution in [0.15, 0.2) is 36.4 Å². The molecular formula is C17H15N2O3-. The Morgan fingerprint density at radius 2 is 1.91 bits per heavy atom. The van der Waals surface area contributed by atoms with Gasteiger partial charge in [0.15, 0.2) is 0 Å². The average molecular weight is 295 g/mol. The lowest BCUT2D eigenvalue weighted by atomic mass is 10.0. The van der Waals surface area contributed by atoms with Crippen molar-refractivity contribution in [1.29, 1.82) is 0 Å². The minimum absolute atomic E-state index is 0.349. The number of amides is 2. The summed E-state index contributed by atoms with van der Waals surface area (Å²) >= 11 is 0. The zero-order chi connectivity index (χ0) is 15.7. The minimum atomic E-state index is -1.20. The Balaban J connectivity index is 1.98. The van der Waals surface area contributed by atoms with E-state index in [1.54, 1.807) is 13.0 Å². The fraction of sp³-hybridized carbons (Fsp3) is 0.176. The summed E-state index contributed by atoms with van der Waals surface area (Å²) in [6, 6.07) is 11.4. The van der Waals surface area contributed by atoms with Gasteiger partial charge in [-0.1, -0.05) is 12.1 Å². The normalized spacial score (nSPS) is 11.5. The maximum absolute atomic E-state index is 11.1. The molecule has 0 unspecified atom stereocenters. The molecule has 3 rings (SSSR count). The lowest BCUT2D eigenvalue weighted by Crippen LogP contribution is -2.41. The number of carbonyl (C=O) groups is 2. The molecule has 0 aromatic heterocycles. The molecule has 0 fully saturated rings. The Morgan fingerprint density at radius 1 is 1.23 bits per heavy atom. The molecule has 0 bridgehead atoms. The monoisotopic (exact) mass is 295 g/mol. The first-order valence-electron chi connectivity index (χ1n) is 7.09. The van der Waals surface area contributed by atoms with E-state index in [9.17, 15) is 14.7 Å². The molecule has 0 radical (unpaired) electrons. The number of fused-ring (bicyclic) bond motifs is 3. The van der Waals surface area contributed by atoms with Crippen LogP contribution in [0.2, 0.25) is 0 Å². The second-order valence-electron chi connectivity index (χ2n) is 5.16. The van der Waals surface area contributed by atoms with Crippen LogP contribution in [0.5, 0.6) is 0 Å². The Bertz CT molecular complexity index is 756. The maximum atomic E-state index is 11.1. The van der Waals surface area contributed by atoms with Crippen molar-refractivity contribution in [1.82, 2.24) is 0 Å². The lowest BCUT2D eigenvalue weighted by Gasteiger charge is -2.24. The molecule has 2 aromatic rings. The van der Waals surface area contributed by atoms with Gasteiger partial charge in [-0.25, -0.2) is 0 Å². The molecule has 0 heterocycles. The maximum Gasteiger partial charge on any atom is 0.211 e. The van der Waals surface area contributed by atoms with Crippen molar-refractivity contribution in [2.45, 2.75) is 13.3 Å². The number of nitrogens with zero attached hydrogens (tertiary/aromatic N) is 1. The van der Waals surface area contributed by atoms with Crippen LogP contribution in [-0.2, 0) is 11.2 Å². The molecule has 0 saturated heterocycles. The smallest absolute Gasteiger partial charge is 0.211 e. The molecule has 5 heteroatoms. The third-order valence-electron chi connectivity index (χ3n) is 3.94. The first-order valence-corrected chi connectivity index (χ1v) is 7.09. The van der Waals surface area contributed by atoms with Gasteiger partial charge in [0.05, 0.1) is 0 Å². The van der Waals surface area contributed by atoms with Gasteiger partial charge in [-0.15, -0.1) is 0 Å². The largest absolute Gasteiger partial charge is 0.530 e. The first kappa shape index (κ1) is 14.1. The van der Waals surface area contributed by atoms with E-state index in [4.69, 9.17) is 0 Å². The number of benzene rings is 2. The van der Waals surface area contributed by atoms with Crippen LogP contribution in [0.3, 0.4) is 0 Å². The molecule has 22 heavy (non-hydrogen) atoms. The molecule has 0 atom stereocenters. The van der Waals surface area contributed by atoms with Crippen LogP contribution in [-0.4, -0.2) is 19.0 Å². The topological polar surface area (TPSA) is 72.5 Å². The fourth-order valence-corrected chi connectivity index (χ4v) is 2.94. The van der Waals surface area contributed by atoms with Gasteiger partial charge in [0.25, 0.3) is 0 Å². The lowest BCUT2D eigenvalue weighted by molar-refractivity contribution is -0.246. The highest BCUT2D eigenvalue weighted by molar-refractivity contribution is 5.87. The third kappa shape index (κ3) is 2.30. The van der Waals surface area contributed by atoms with Crippen molar-refractivity contribution < 1.29 is 14.7 Å². The summed E-state index contributed by atoms with van der Waals surface area (Å²) < 4.78 is 0. The number of rotatable bonds is 4. The van der Waals surface area contributed by atoms with Crippen molar-refractivity contribution in [2.24, 2.45) is 0 Å². The van der Waals surface area contributed by atoms with Crippen LogP contribution in [0.4, 0.5) is 16.2 Å². The molecule has 0 saturated carbocycles. The van der Waals surface area contributed by atoms with Gasteiger partial charge in [-0.05, 0) is 59.9 Å². The number of carbonyl (C=O) groups excluding carboxylic acids is 2. The van der Waals surface area contributed by atoms with Crippen LogP contribution >= 0.6 is 0 Å². The van der Waals surface area contributed by atoms with Crippen molar-refractivity contribution in [3.63, 3.8) is 0 Å². The van der Waals surface area contributed by atoms with Crippen molar-refractivity contribution in [2.75, 3.05) is 16.8 Å². The summed E-state index contributed by atoms with van der Waals surface area (Å²) in [7, 11) is 0. The molecule has 112 valence electrons. The van der Waals surface area contributed by atoms with Gasteiger partial charge in [0, 0.05) is 17.9 Å². The summed E-state index contributed by atoms with van der Waals surface area (Å²) in [5.74, 6) is 0. The SMILES string of the molecule is CCN(C(=O)[O-])c1ccc2c(c1)Cc1cc(NC=O)ccc1-2. The second-order valence-corrected chi connectivity index (χ2v) is 5.16. The molecule has 2 aromatic carbocycles. The predicted molar refractivity (Wildman–Crippen MR) is 82.8 cm³/mol. The number of hydrogen-bond acceptors (Lipinski definition) is 3. The Hall–Kier alpha value is -2.82. The summed E-state index contributed by atoms with van der Waals surface area (Å²) in [6.45, 7) is 2.12. The first-order chi connectivity index (χ1) is 10.6. The summed E-state index contributed by atoms with van der Waals surface area (Å²) in [6.07, 6.45) is 0.175. The standard InChI is InChI=1S/C17H16N2O3/c1-2-19(17(21)22)14-4-6-16-12(9-14)7-11-8-13(18-10-20)3-5-15(11)16/h3-6,8-10H,2,7H2,1H3,(H,18,20)(H,21,22)/p-1. The van der Waals surface area contributed by atoms with Crippen LogP contribution in [0, 0.1) is 0 Å². The van der Waals surface area contributed by atoms with Crippen molar-refractivity contribution in [3.8, 4) is 11.1 Å². The number of hydrogen-bond donors (Lipinski definition) is 1. The van der Waals surface area contributed by atoms with E-state index in [2.05, 4.69) is 5.32 Å².